The number of aryl methyl sites for hydroxylation is 2. The normalized spacial score (nSPS) is 15.4. The van der Waals surface area contributed by atoms with E-state index in [0.29, 0.717) is 16.8 Å². The van der Waals surface area contributed by atoms with Gasteiger partial charge in [0.15, 0.2) is 5.82 Å². The summed E-state index contributed by atoms with van der Waals surface area (Å²) in [6.45, 7) is 0. The van der Waals surface area contributed by atoms with E-state index in [1.165, 1.54) is 37.7 Å². The van der Waals surface area contributed by atoms with Crippen molar-refractivity contribution in [1.82, 2.24) is 9.97 Å². The Morgan fingerprint density at radius 3 is 2.62 bits per heavy atom. The lowest BCUT2D eigenvalue weighted by molar-refractivity contribution is -0.115. The van der Waals surface area contributed by atoms with Gasteiger partial charge in [0.1, 0.15) is 5.75 Å². The highest BCUT2D eigenvalue weighted by molar-refractivity contribution is 6.30. The van der Waals surface area contributed by atoms with Gasteiger partial charge in [-0.2, -0.15) is 0 Å². The van der Waals surface area contributed by atoms with Gasteiger partial charge in [-0.3, -0.25) is 4.79 Å². The van der Waals surface area contributed by atoms with Crippen molar-refractivity contribution >= 4 is 23.3 Å². The molecule has 2 aliphatic rings. The summed E-state index contributed by atoms with van der Waals surface area (Å²) < 4.78 is 5.42. The van der Waals surface area contributed by atoms with Crippen molar-refractivity contribution < 1.29 is 9.53 Å². The predicted molar refractivity (Wildman–Crippen MR) is 135 cm³/mol. The minimum atomic E-state index is -0.0811. The molecule has 1 heterocycles. The largest absolute Gasteiger partial charge is 0.497 e. The molecule has 0 atom stereocenters. The predicted octanol–water partition coefficient (Wildman–Crippen LogP) is 6.21. The van der Waals surface area contributed by atoms with E-state index < -0.39 is 0 Å². The molecule has 5 nitrogen and oxygen atoms in total. The summed E-state index contributed by atoms with van der Waals surface area (Å²) in [4.78, 5) is 23.0. The van der Waals surface area contributed by atoms with Crippen molar-refractivity contribution in [2.45, 2.75) is 57.8 Å². The minimum absolute atomic E-state index is 0.0811. The zero-order valence-electron chi connectivity index (χ0n) is 19.6. The molecule has 34 heavy (non-hydrogen) atoms. The van der Waals surface area contributed by atoms with Crippen molar-refractivity contribution in [3.8, 4) is 17.0 Å². The maximum Gasteiger partial charge on any atom is 0.229 e. The van der Waals surface area contributed by atoms with Crippen molar-refractivity contribution in [1.29, 1.82) is 0 Å². The number of amides is 1. The van der Waals surface area contributed by atoms with Crippen LogP contribution in [-0.4, -0.2) is 23.0 Å². The van der Waals surface area contributed by atoms with Gasteiger partial charge in [-0.25, -0.2) is 9.97 Å². The number of fused-ring (bicyclic) bond motifs is 3. The van der Waals surface area contributed by atoms with Gasteiger partial charge in [0, 0.05) is 10.6 Å². The molecule has 1 N–H and O–H groups in total. The Balaban J connectivity index is 1.46. The quantitative estimate of drug-likeness (QED) is 0.460. The summed E-state index contributed by atoms with van der Waals surface area (Å²) >= 11 is 5.99. The number of aromatic nitrogens is 2. The molecule has 0 bridgehead atoms. The summed E-state index contributed by atoms with van der Waals surface area (Å²) in [5.41, 5.74) is 6.09. The zero-order chi connectivity index (χ0) is 23.5. The van der Waals surface area contributed by atoms with E-state index in [-0.39, 0.29) is 12.3 Å². The topological polar surface area (TPSA) is 64.1 Å². The maximum atomic E-state index is 12.9. The van der Waals surface area contributed by atoms with Gasteiger partial charge >= 0.3 is 0 Å². The molecule has 1 fully saturated rings. The van der Waals surface area contributed by atoms with E-state index in [4.69, 9.17) is 26.3 Å². The second-order valence-corrected chi connectivity index (χ2v) is 9.83. The third-order valence-corrected chi connectivity index (χ3v) is 7.23. The SMILES string of the molecule is COc1ccc2c(c1)CCc1nc(NC(=O)Cc3ccc(Cl)cc3)c(CC3CCCCC3)nc1-2. The second kappa shape index (κ2) is 10.1. The van der Waals surface area contributed by atoms with Gasteiger partial charge < -0.3 is 10.1 Å². The molecule has 6 heteroatoms. The summed E-state index contributed by atoms with van der Waals surface area (Å²) in [5.74, 6) is 2.00. The molecule has 2 aliphatic carbocycles. The number of benzene rings is 2. The molecule has 176 valence electrons. The molecular formula is C28H30ClN3O2. The fourth-order valence-corrected chi connectivity index (χ4v) is 5.28. The van der Waals surface area contributed by atoms with Crippen LogP contribution in [0.15, 0.2) is 42.5 Å². The summed E-state index contributed by atoms with van der Waals surface area (Å²) in [6, 6.07) is 13.6. The second-order valence-electron chi connectivity index (χ2n) is 9.40. The number of carbonyl (C=O) groups excluding carboxylic acids is 1. The molecule has 1 amide bonds. The van der Waals surface area contributed by atoms with Gasteiger partial charge in [-0.1, -0.05) is 55.8 Å². The monoisotopic (exact) mass is 475 g/mol. The first kappa shape index (κ1) is 22.9. The first-order valence-electron chi connectivity index (χ1n) is 12.2. The third-order valence-electron chi connectivity index (χ3n) is 6.98. The van der Waals surface area contributed by atoms with Crippen molar-refractivity contribution in [3.05, 3.63) is 70.0 Å². The van der Waals surface area contributed by atoms with Gasteiger partial charge in [0.2, 0.25) is 5.91 Å². The smallest absolute Gasteiger partial charge is 0.229 e. The number of halogens is 1. The average molecular weight is 476 g/mol. The summed E-state index contributed by atoms with van der Waals surface area (Å²) in [5, 5.41) is 3.75. The van der Waals surface area contributed by atoms with Crippen LogP contribution in [0.3, 0.4) is 0 Å². The standard InChI is InChI=1S/C28H30ClN3O2/c1-34-22-12-13-23-20(17-22)9-14-24-27(23)30-25(15-18-5-3-2-4-6-18)28(31-24)32-26(33)16-19-7-10-21(29)11-8-19/h7-8,10-13,17-18H,2-6,9,14-16H2,1H3,(H,31,32,33). The molecule has 1 saturated carbocycles. The van der Waals surface area contributed by atoms with Crippen LogP contribution in [0.5, 0.6) is 5.75 Å². The van der Waals surface area contributed by atoms with E-state index in [9.17, 15) is 4.79 Å². The van der Waals surface area contributed by atoms with E-state index >= 15 is 0 Å². The number of nitrogens with zero attached hydrogens (tertiary/aromatic N) is 2. The molecule has 0 saturated heterocycles. The van der Waals surface area contributed by atoms with Gasteiger partial charge in [0.25, 0.3) is 0 Å². The van der Waals surface area contributed by atoms with Crippen LogP contribution < -0.4 is 10.1 Å². The molecule has 0 spiro atoms. The van der Waals surface area contributed by atoms with Crippen LogP contribution >= 0.6 is 11.6 Å². The fourth-order valence-electron chi connectivity index (χ4n) is 5.15. The van der Waals surface area contributed by atoms with E-state index in [1.54, 1.807) is 7.11 Å². The lowest BCUT2D eigenvalue weighted by atomic mass is 9.85. The number of anilines is 1. The Bertz CT molecular complexity index is 1190. The first-order chi connectivity index (χ1) is 16.6. The summed E-state index contributed by atoms with van der Waals surface area (Å²) in [6.07, 6.45) is 9.08. The Morgan fingerprint density at radius 1 is 1.06 bits per heavy atom. The number of nitrogens with one attached hydrogen (secondary N) is 1. The lowest BCUT2D eigenvalue weighted by Gasteiger charge is -2.25. The van der Waals surface area contributed by atoms with Gasteiger partial charge in [-0.15, -0.1) is 0 Å². The van der Waals surface area contributed by atoms with Crippen LogP contribution in [0.4, 0.5) is 5.82 Å². The fraction of sp³-hybridized carbons (Fsp3) is 0.393. The minimum Gasteiger partial charge on any atom is -0.497 e. The van der Waals surface area contributed by atoms with Crippen LogP contribution in [0.2, 0.25) is 5.02 Å². The van der Waals surface area contributed by atoms with Gasteiger partial charge in [-0.05, 0) is 66.6 Å². The average Bonchev–Trinajstić information content (AvgIpc) is 2.86. The zero-order valence-corrected chi connectivity index (χ0v) is 20.3. The maximum absolute atomic E-state index is 12.9. The number of rotatable bonds is 6. The van der Waals surface area contributed by atoms with Crippen molar-refractivity contribution in [2.24, 2.45) is 5.92 Å². The van der Waals surface area contributed by atoms with E-state index in [0.717, 1.165) is 53.2 Å². The molecule has 0 aliphatic heterocycles. The number of hydrogen-bond donors (Lipinski definition) is 1. The van der Waals surface area contributed by atoms with E-state index in [1.807, 2.05) is 30.3 Å². The molecule has 0 unspecified atom stereocenters. The Kier molecular flexibility index (Phi) is 6.82. The van der Waals surface area contributed by atoms with Crippen LogP contribution in [0.1, 0.15) is 54.6 Å². The van der Waals surface area contributed by atoms with Crippen LogP contribution in [0, 0.1) is 5.92 Å². The first-order valence-corrected chi connectivity index (χ1v) is 12.6. The Hall–Kier alpha value is -2.92. The molecule has 5 rings (SSSR count). The van der Waals surface area contributed by atoms with Crippen LogP contribution in [-0.2, 0) is 30.5 Å². The number of ether oxygens (including phenoxy) is 1. The summed E-state index contributed by atoms with van der Waals surface area (Å²) in [7, 11) is 1.69. The Labute approximate surface area is 205 Å². The highest BCUT2D eigenvalue weighted by atomic mass is 35.5. The van der Waals surface area contributed by atoms with Crippen molar-refractivity contribution in [2.75, 3.05) is 12.4 Å². The van der Waals surface area contributed by atoms with Crippen LogP contribution in [0.25, 0.3) is 11.3 Å². The van der Waals surface area contributed by atoms with Crippen molar-refractivity contribution in [3.63, 3.8) is 0 Å². The molecular weight excluding hydrogens is 446 g/mol. The molecule has 3 aromatic rings. The number of hydrogen-bond acceptors (Lipinski definition) is 4. The molecule has 1 aromatic heterocycles. The lowest BCUT2D eigenvalue weighted by Crippen LogP contribution is -2.21. The number of carbonyl (C=O) groups is 1. The number of methoxy groups -OCH3 is 1. The molecule has 2 aromatic carbocycles. The highest BCUT2D eigenvalue weighted by Crippen LogP contribution is 2.36. The third kappa shape index (κ3) is 5.10. The Morgan fingerprint density at radius 2 is 1.85 bits per heavy atom. The van der Waals surface area contributed by atoms with Gasteiger partial charge in [0.05, 0.1) is 30.6 Å². The van der Waals surface area contributed by atoms with E-state index in [2.05, 4.69) is 17.4 Å². The molecule has 0 radical (unpaired) electrons. The highest BCUT2D eigenvalue weighted by Gasteiger charge is 2.25.